The van der Waals surface area contributed by atoms with Crippen molar-refractivity contribution in [3.63, 3.8) is 0 Å². The summed E-state index contributed by atoms with van der Waals surface area (Å²) in [5, 5.41) is 0. The standard InChI is InChI=1S/C25H32F3N3O2/c1-2-3-4-5-6-7-8-13-23(32)31-15-14-21-19(17-31)24(33)30-22(29-21)16-18-11-9-10-12-20(18)25(26,27)28/h9-12H,2-8,13-17H2,1H3,(H,29,30,33). The van der Waals surface area contributed by atoms with Gasteiger partial charge in [-0.05, 0) is 18.1 Å². The molecule has 1 N–H and O–H groups in total. The highest BCUT2D eigenvalue weighted by Crippen LogP contribution is 2.32. The van der Waals surface area contributed by atoms with E-state index in [4.69, 9.17) is 0 Å². The summed E-state index contributed by atoms with van der Waals surface area (Å²) in [6.07, 6.45) is 4.25. The van der Waals surface area contributed by atoms with Crippen LogP contribution >= 0.6 is 0 Å². The zero-order valence-electron chi connectivity index (χ0n) is 19.1. The number of fused-ring (bicyclic) bond motifs is 1. The zero-order chi connectivity index (χ0) is 23.8. The molecular weight excluding hydrogens is 431 g/mol. The number of hydrogen-bond acceptors (Lipinski definition) is 3. The van der Waals surface area contributed by atoms with Gasteiger partial charge in [-0.2, -0.15) is 13.2 Å². The van der Waals surface area contributed by atoms with Gasteiger partial charge in [0, 0.05) is 25.8 Å². The van der Waals surface area contributed by atoms with E-state index in [1.54, 1.807) is 4.90 Å². The monoisotopic (exact) mass is 463 g/mol. The number of unbranched alkanes of at least 4 members (excludes halogenated alkanes) is 6. The second-order valence-corrected chi connectivity index (χ2v) is 8.71. The summed E-state index contributed by atoms with van der Waals surface area (Å²) in [5.74, 6) is 0.245. The molecule has 0 radical (unpaired) electrons. The normalized spacial score (nSPS) is 13.8. The summed E-state index contributed by atoms with van der Waals surface area (Å²) < 4.78 is 39.8. The third-order valence-corrected chi connectivity index (χ3v) is 6.15. The van der Waals surface area contributed by atoms with E-state index in [0.717, 1.165) is 25.3 Å². The predicted octanol–water partition coefficient (Wildman–Crippen LogP) is 5.40. The number of rotatable bonds is 10. The van der Waals surface area contributed by atoms with Crippen LogP contribution in [0.1, 0.15) is 86.5 Å². The van der Waals surface area contributed by atoms with Crippen LogP contribution in [0.15, 0.2) is 29.1 Å². The van der Waals surface area contributed by atoms with Gasteiger partial charge < -0.3 is 9.88 Å². The number of benzene rings is 1. The topological polar surface area (TPSA) is 66.1 Å². The summed E-state index contributed by atoms with van der Waals surface area (Å²) in [7, 11) is 0. The molecule has 8 heteroatoms. The van der Waals surface area contributed by atoms with Crippen molar-refractivity contribution in [1.29, 1.82) is 0 Å². The van der Waals surface area contributed by atoms with E-state index in [9.17, 15) is 22.8 Å². The van der Waals surface area contributed by atoms with Crippen molar-refractivity contribution in [3.05, 3.63) is 62.8 Å². The number of aromatic amines is 1. The molecule has 1 aromatic carbocycles. The van der Waals surface area contributed by atoms with Gasteiger partial charge in [0.05, 0.1) is 23.4 Å². The van der Waals surface area contributed by atoms with Crippen LogP contribution < -0.4 is 5.56 Å². The number of amides is 1. The Kier molecular flexibility index (Phi) is 8.69. The van der Waals surface area contributed by atoms with E-state index >= 15 is 0 Å². The third kappa shape index (κ3) is 6.92. The Balaban J connectivity index is 1.60. The Bertz CT molecular complexity index is 1000. The highest BCUT2D eigenvalue weighted by molar-refractivity contribution is 5.76. The molecule has 5 nitrogen and oxygen atoms in total. The molecule has 0 spiro atoms. The van der Waals surface area contributed by atoms with Crippen molar-refractivity contribution in [3.8, 4) is 0 Å². The van der Waals surface area contributed by atoms with E-state index in [0.29, 0.717) is 30.6 Å². The first-order valence-electron chi connectivity index (χ1n) is 11.8. The second kappa shape index (κ2) is 11.5. The lowest BCUT2D eigenvalue weighted by atomic mass is 10.0. The van der Waals surface area contributed by atoms with Crippen molar-refractivity contribution in [2.24, 2.45) is 0 Å². The molecule has 1 aromatic heterocycles. The van der Waals surface area contributed by atoms with E-state index in [-0.39, 0.29) is 35.8 Å². The summed E-state index contributed by atoms with van der Waals surface area (Å²) in [6, 6.07) is 5.30. The molecule has 0 aliphatic carbocycles. The lowest BCUT2D eigenvalue weighted by molar-refractivity contribution is -0.138. The first kappa shape index (κ1) is 25.0. The van der Waals surface area contributed by atoms with Gasteiger partial charge in [0.25, 0.3) is 5.56 Å². The number of halogens is 3. The smallest absolute Gasteiger partial charge is 0.338 e. The molecular formula is C25H32F3N3O2. The lowest BCUT2D eigenvalue weighted by Gasteiger charge is -2.28. The second-order valence-electron chi connectivity index (χ2n) is 8.71. The van der Waals surface area contributed by atoms with Crippen LogP contribution in [0.4, 0.5) is 13.2 Å². The van der Waals surface area contributed by atoms with Crippen molar-refractivity contribution in [2.75, 3.05) is 6.54 Å². The molecule has 0 saturated carbocycles. The number of aromatic nitrogens is 2. The Morgan fingerprint density at radius 3 is 2.52 bits per heavy atom. The summed E-state index contributed by atoms with van der Waals surface area (Å²) in [6.45, 7) is 2.85. The fourth-order valence-electron chi connectivity index (χ4n) is 4.30. The molecule has 180 valence electrons. The molecule has 2 heterocycles. The highest BCUT2D eigenvalue weighted by atomic mass is 19.4. The molecule has 0 saturated heterocycles. The van der Waals surface area contributed by atoms with Crippen molar-refractivity contribution < 1.29 is 18.0 Å². The van der Waals surface area contributed by atoms with Crippen LogP contribution in [0.25, 0.3) is 0 Å². The highest BCUT2D eigenvalue weighted by Gasteiger charge is 2.33. The van der Waals surface area contributed by atoms with Crippen molar-refractivity contribution in [2.45, 2.75) is 83.9 Å². The fraction of sp³-hybridized carbons (Fsp3) is 0.560. The molecule has 0 bridgehead atoms. The van der Waals surface area contributed by atoms with Gasteiger partial charge in [-0.3, -0.25) is 9.59 Å². The lowest BCUT2D eigenvalue weighted by Crippen LogP contribution is -2.39. The van der Waals surface area contributed by atoms with Gasteiger partial charge in [0.1, 0.15) is 5.82 Å². The molecule has 0 unspecified atom stereocenters. The number of carbonyl (C=O) groups is 1. The molecule has 0 fully saturated rings. The van der Waals surface area contributed by atoms with Gasteiger partial charge >= 0.3 is 6.18 Å². The van der Waals surface area contributed by atoms with Crippen LogP contribution in [0.5, 0.6) is 0 Å². The summed E-state index contributed by atoms with van der Waals surface area (Å²) in [4.78, 5) is 34.0. The first-order valence-corrected chi connectivity index (χ1v) is 11.8. The quantitative estimate of drug-likeness (QED) is 0.480. The number of nitrogens with one attached hydrogen (secondary N) is 1. The molecule has 1 aliphatic rings. The summed E-state index contributed by atoms with van der Waals surface area (Å²) in [5.41, 5.74) is -0.0453. The number of nitrogens with zero attached hydrogens (tertiary/aromatic N) is 2. The van der Waals surface area contributed by atoms with Crippen molar-refractivity contribution in [1.82, 2.24) is 14.9 Å². The average Bonchev–Trinajstić information content (AvgIpc) is 2.78. The van der Waals surface area contributed by atoms with Crippen molar-refractivity contribution >= 4 is 5.91 Å². The summed E-state index contributed by atoms with van der Waals surface area (Å²) >= 11 is 0. The number of hydrogen-bond donors (Lipinski definition) is 1. The van der Waals surface area contributed by atoms with Gasteiger partial charge in [0.2, 0.25) is 5.91 Å². The SMILES string of the molecule is CCCCCCCCCC(=O)N1CCc2nc(Cc3ccccc3C(F)(F)F)[nH]c(=O)c2C1. The molecule has 3 rings (SSSR count). The van der Waals surface area contributed by atoms with Crippen LogP contribution in [-0.4, -0.2) is 27.3 Å². The van der Waals surface area contributed by atoms with Gasteiger partial charge in [-0.25, -0.2) is 4.98 Å². The Hall–Kier alpha value is -2.64. The van der Waals surface area contributed by atoms with E-state index in [1.807, 2.05) is 0 Å². The largest absolute Gasteiger partial charge is 0.416 e. The number of carbonyl (C=O) groups excluding carboxylic acids is 1. The molecule has 1 amide bonds. The molecule has 1 aliphatic heterocycles. The van der Waals surface area contributed by atoms with Gasteiger partial charge in [0.15, 0.2) is 0 Å². The Morgan fingerprint density at radius 2 is 1.79 bits per heavy atom. The van der Waals surface area contributed by atoms with Crippen LogP contribution in [0.3, 0.4) is 0 Å². The van der Waals surface area contributed by atoms with Crippen LogP contribution in [0.2, 0.25) is 0 Å². The van der Waals surface area contributed by atoms with E-state index in [1.165, 1.54) is 43.9 Å². The maximum absolute atomic E-state index is 13.3. The minimum absolute atomic E-state index is 0.0387. The van der Waals surface area contributed by atoms with Gasteiger partial charge in [-0.15, -0.1) is 0 Å². The molecule has 0 atom stereocenters. The van der Waals surface area contributed by atoms with Crippen LogP contribution in [-0.2, 0) is 30.4 Å². The first-order chi connectivity index (χ1) is 15.8. The maximum Gasteiger partial charge on any atom is 0.416 e. The van der Waals surface area contributed by atoms with E-state index in [2.05, 4.69) is 16.9 Å². The minimum Gasteiger partial charge on any atom is -0.338 e. The third-order valence-electron chi connectivity index (χ3n) is 6.15. The number of H-pyrrole nitrogens is 1. The molecule has 2 aromatic rings. The van der Waals surface area contributed by atoms with Crippen LogP contribution in [0, 0.1) is 0 Å². The van der Waals surface area contributed by atoms with Gasteiger partial charge in [-0.1, -0.05) is 63.6 Å². The Labute approximate surface area is 192 Å². The Morgan fingerprint density at radius 1 is 1.09 bits per heavy atom. The number of alkyl halides is 3. The van der Waals surface area contributed by atoms with E-state index < -0.39 is 11.7 Å². The average molecular weight is 464 g/mol. The minimum atomic E-state index is -4.47. The molecule has 33 heavy (non-hydrogen) atoms. The maximum atomic E-state index is 13.3. The fourth-order valence-corrected chi connectivity index (χ4v) is 4.30. The zero-order valence-corrected chi connectivity index (χ0v) is 19.1. The predicted molar refractivity (Wildman–Crippen MR) is 121 cm³/mol.